The first kappa shape index (κ1) is 18.3. The third-order valence-corrected chi connectivity index (χ3v) is 4.09. The molecule has 0 unspecified atom stereocenters. The Bertz CT molecular complexity index is 691. The van der Waals surface area contributed by atoms with Gasteiger partial charge in [-0.15, -0.1) is 0 Å². The summed E-state index contributed by atoms with van der Waals surface area (Å²) in [6.45, 7) is 11.4. The van der Waals surface area contributed by atoms with Crippen molar-refractivity contribution in [3.05, 3.63) is 29.5 Å². The van der Waals surface area contributed by atoms with E-state index < -0.39 is 0 Å². The van der Waals surface area contributed by atoms with E-state index in [1.54, 1.807) is 0 Å². The summed E-state index contributed by atoms with van der Waals surface area (Å²) in [5.74, 6) is 0.810. The second-order valence-electron chi connectivity index (χ2n) is 5.64. The summed E-state index contributed by atoms with van der Waals surface area (Å²) in [5.41, 5.74) is 2.80. The van der Waals surface area contributed by atoms with Crippen molar-refractivity contribution in [2.45, 2.75) is 40.7 Å². The molecule has 0 saturated carbocycles. The highest BCUT2D eigenvalue weighted by molar-refractivity contribution is 6.02. The minimum Gasteiger partial charge on any atom is -0.494 e. The number of nitrogens with zero attached hydrogens (tertiary/aromatic N) is 1. The van der Waals surface area contributed by atoms with Gasteiger partial charge in [-0.1, -0.05) is 0 Å². The second kappa shape index (κ2) is 8.73. The summed E-state index contributed by atoms with van der Waals surface area (Å²) >= 11 is 0. The largest absolute Gasteiger partial charge is 0.494 e. The van der Waals surface area contributed by atoms with Crippen LogP contribution in [0.3, 0.4) is 0 Å². The van der Waals surface area contributed by atoms with Gasteiger partial charge in [0.25, 0.3) is 5.91 Å². The van der Waals surface area contributed by atoms with Crippen LogP contribution in [-0.4, -0.2) is 36.8 Å². The van der Waals surface area contributed by atoms with Crippen molar-refractivity contribution in [2.24, 2.45) is 0 Å². The number of benzene rings is 1. The van der Waals surface area contributed by atoms with Crippen molar-refractivity contribution < 1.29 is 14.3 Å². The maximum absolute atomic E-state index is 12.7. The Morgan fingerprint density at radius 1 is 1.21 bits per heavy atom. The lowest BCUT2D eigenvalue weighted by Crippen LogP contribution is -2.28. The Balaban J connectivity index is 2.25. The van der Waals surface area contributed by atoms with Crippen LogP contribution in [0.15, 0.2) is 18.2 Å². The number of hydrogen-bond acceptors (Lipinski definition) is 3. The number of fused-ring (bicyclic) bond motifs is 1. The molecule has 24 heavy (non-hydrogen) atoms. The van der Waals surface area contributed by atoms with Gasteiger partial charge in [0.15, 0.2) is 0 Å². The van der Waals surface area contributed by atoms with E-state index in [0.717, 1.165) is 40.9 Å². The zero-order chi connectivity index (χ0) is 17.5. The molecule has 5 heteroatoms. The molecule has 0 fully saturated rings. The topological polar surface area (TPSA) is 52.5 Å². The average Bonchev–Trinajstić information content (AvgIpc) is 2.86. The molecular weight excluding hydrogens is 304 g/mol. The number of amides is 1. The highest BCUT2D eigenvalue weighted by Crippen LogP contribution is 2.29. The molecule has 1 aromatic carbocycles. The van der Waals surface area contributed by atoms with E-state index in [0.29, 0.717) is 26.4 Å². The van der Waals surface area contributed by atoms with Gasteiger partial charge in [-0.3, -0.25) is 4.79 Å². The molecule has 132 valence electrons. The van der Waals surface area contributed by atoms with Crippen molar-refractivity contribution in [1.29, 1.82) is 0 Å². The predicted octanol–water partition coefficient (Wildman–Crippen LogP) is 3.52. The highest BCUT2D eigenvalue weighted by Gasteiger charge is 2.19. The van der Waals surface area contributed by atoms with Gasteiger partial charge < -0.3 is 19.4 Å². The highest BCUT2D eigenvalue weighted by atomic mass is 16.5. The molecule has 1 amide bonds. The van der Waals surface area contributed by atoms with Crippen molar-refractivity contribution in [3.8, 4) is 5.75 Å². The van der Waals surface area contributed by atoms with E-state index in [2.05, 4.69) is 16.8 Å². The second-order valence-corrected chi connectivity index (χ2v) is 5.64. The SMILES string of the molecule is CCOCCCNC(=O)c1c(C)c2cc(OCC)ccc2n1CC. The maximum atomic E-state index is 12.7. The minimum absolute atomic E-state index is 0.0278. The third-order valence-electron chi connectivity index (χ3n) is 4.09. The normalized spacial score (nSPS) is 11.0. The number of nitrogens with one attached hydrogen (secondary N) is 1. The fourth-order valence-corrected chi connectivity index (χ4v) is 2.98. The lowest BCUT2D eigenvalue weighted by Gasteiger charge is -2.10. The molecule has 1 aromatic heterocycles. The van der Waals surface area contributed by atoms with Gasteiger partial charge in [-0.25, -0.2) is 0 Å². The molecule has 0 aliphatic rings. The Morgan fingerprint density at radius 2 is 2.00 bits per heavy atom. The first-order valence-electron chi connectivity index (χ1n) is 8.75. The lowest BCUT2D eigenvalue weighted by molar-refractivity contribution is 0.0935. The van der Waals surface area contributed by atoms with Crippen LogP contribution in [0.25, 0.3) is 10.9 Å². The van der Waals surface area contributed by atoms with E-state index >= 15 is 0 Å². The smallest absolute Gasteiger partial charge is 0.268 e. The monoisotopic (exact) mass is 332 g/mol. The molecule has 0 aliphatic carbocycles. The number of aryl methyl sites for hydroxylation is 2. The molecule has 1 heterocycles. The zero-order valence-electron chi connectivity index (χ0n) is 15.1. The van der Waals surface area contributed by atoms with Gasteiger partial charge in [-0.05, 0) is 57.9 Å². The van der Waals surface area contributed by atoms with Gasteiger partial charge in [0.2, 0.25) is 0 Å². The molecule has 0 saturated heterocycles. The summed E-state index contributed by atoms with van der Waals surface area (Å²) in [6, 6.07) is 6.01. The van der Waals surface area contributed by atoms with E-state index in [1.165, 1.54) is 0 Å². The molecule has 2 rings (SSSR count). The molecular formula is C19H28N2O3. The summed E-state index contributed by atoms with van der Waals surface area (Å²) in [6.07, 6.45) is 0.819. The van der Waals surface area contributed by atoms with Crippen molar-refractivity contribution in [2.75, 3.05) is 26.4 Å². The number of rotatable bonds is 9. The van der Waals surface area contributed by atoms with Crippen LogP contribution < -0.4 is 10.1 Å². The van der Waals surface area contributed by atoms with Crippen molar-refractivity contribution in [1.82, 2.24) is 9.88 Å². The van der Waals surface area contributed by atoms with Crippen LogP contribution in [0.2, 0.25) is 0 Å². The van der Waals surface area contributed by atoms with Crippen LogP contribution in [-0.2, 0) is 11.3 Å². The van der Waals surface area contributed by atoms with Crippen LogP contribution in [0.4, 0.5) is 0 Å². The van der Waals surface area contributed by atoms with Crippen LogP contribution in [0, 0.1) is 6.92 Å². The molecule has 0 bridgehead atoms. The average molecular weight is 332 g/mol. The van der Waals surface area contributed by atoms with E-state index in [9.17, 15) is 4.79 Å². The summed E-state index contributed by atoms with van der Waals surface area (Å²) in [5, 5.41) is 4.07. The lowest BCUT2D eigenvalue weighted by atomic mass is 10.1. The summed E-state index contributed by atoms with van der Waals surface area (Å²) in [7, 11) is 0. The number of carbonyl (C=O) groups excluding carboxylic acids is 1. The maximum Gasteiger partial charge on any atom is 0.268 e. The van der Waals surface area contributed by atoms with Crippen molar-refractivity contribution in [3.63, 3.8) is 0 Å². The number of carbonyl (C=O) groups is 1. The Hall–Kier alpha value is -2.01. The molecule has 0 aliphatic heterocycles. The van der Waals surface area contributed by atoms with Gasteiger partial charge in [0, 0.05) is 37.2 Å². The molecule has 0 atom stereocenters. The van der Waals surface area contributed by atoms with Crippen molar-refractivity contribution >= 4 is 16.8 Å². The van der Waals surface area contributed by atoms with Gasteiger partial charge in [0.05, 0.1) is 6.61 Å². The van der Waals surface area contributed by atoms with E-state index in [1.807, 2.05) is 39.0 Å². The van der Waals surface area contributed by atoms with Crippen LogP contribution in [0.1, 0.15) is 43.2 Å². The van der Waals surface area contributed by atoms with Crippen LogP contribution in [0.5, 0.6) is 5.75 Å². The Morgan fingerprint density at radius 3 is 2.67 bits per heavy atom. The number of ether oxygens (including phenoxy) is 2. The fourth-order valence-electron chi connectivity index (χ4n) is 2.98. The van der Waals surface area contributed by atoms with Crippen LogP contribution >= 0.6 is 0 Å². The van der Waals surface area contributed by atoms with E-state index in [4.69, 9.17) is 9.47 Å². The number of aromatic nitrogens is 1. The first-order chi connectivity index (χ1) is 11.6. The van der Waals surface area contributed by atoms with Gasteiger partial charge >= 0.3 is 0 Å². The predicted molar refractivity (Wildman–Crippen MR) is 97.0 cm³/mol. The minimum atomic E-state index is -0.0278. The van der Waals surface area contributed by atoms with Gasteiger partial charge in [-0.2, -0.15) is 0 Å². The molecule has 1 N–H and O–H groups in total. The van der Waals surface area contributed by atoms with Gasteiger partial charge in [0.1, 0.15) is 11.4 Å². The molecule has 0 spiro atoms. The molecule has 2 aromatic rings. The summed E-state index contributed by atoms with van der Waals surface area (Å²) in [4.78, 5) is 12.7. The first-order valence-corrected chi connectivity index (χ1v) is 8.75. The molecule has 0 radical (unpaired) electrons. The third kappa shape index (κ3) is 3.90. The quantitative estimate of drug-likeness (QED) is 0.715. The Labute approximate surface area is 143 Å². The Kier molecular flexibility index (Phi) is 6.67. The zero-order valence-corrected chi connectivity index (χ0v) is 15.1. The van der Waals surface area contributed by atoms with E-state index in [-0.39, 0.29) is 5.91 Å². The fraction of sp³-hybridized carbons (Fsp3) is 0.526. The summed E-state index contributed by atoms with van der Waals surface area (Å²) < 4.78 is 13.0. The number of hydrogen-bond donors (Lipinski definition) is 1. The molecule has 5 nitrogen and oxygen atoms in total. The standard InChI is InChI=1S/C19H28N2O3/c1-5-21-17-10-9-15(24-7-3)13-16(17)14(4)18(21)19(22)20-11-8-12-23-6-2/h9-10,13H,5-8,11-12H2,1-4H3,(H,20,22).